The summed E-state index contributed by atoms with van der Waals surface area (Å²) in [6.07, 6.45) is 0. The summed E-state index contributed by atoms with van der Waals surface area (Å²) in [5.74, 6) is 0. The van der Waals surface area contributed by atoms with Gasteiger partial charge in [0.25, 0.3) is 0 Å². The Hall–Kier alpha value is -0.150. The Kier molecular flexibility index (Phi) is 5.42. The molecule has 0 spiro atoms. The Balaban J connectivity index is 3.96. The van der Waals surface area contributed by atoms with Gasteiger partial charge in [-0.05, 0) is 13.8 Å². The maximum atomic E-state index is 11.4. The minimum Gasteiger partial charge on any atom is -0.290 e. The van der Waals surface area contributed by atoms with Crippen LogP contribution in [0.15, 0.2) is 12.2 Å². The molecule has 0 saturated heterocycles. The molecule has 0 bridgehead atoms. The molecule has 0 amide bonds. The first kappa shape index (κ1) is 11.8. The normalized spacial score (nSPS) is 15.6. The van der Waals surface area contributed by atoms with Gasteiger partial charge in [-0.15, -0.1) is 0 Å². The van der Waals surface area contributed by atoms with E-state index in [4.69, 9.17) is 9.05 Å². The van der Waals surface area contributed by atoms with Gasteiger partial charge >= 0.3 is 7.82 Å². The second-order valence-electron chi connectivity index (χ2n) is 2.28. The maximum Gasteiger partial charge on any atom is 0.474 e. The van der Waals surface area contributed by atoms with Crippen molar-refractivity contribution in [2.24, 2.45) is 0 Å². The highest BCUT2D eigenvalue weighted by Gasteiger charge is 2.23. The van der Waals surface area contributed by atoms with Gasteiger partial charge in [-0.1, -0.05) is 12.2 Å². The minimum atomic E-state index is -3.31. The minimum absolute atomic E-state index is 0.186. The van der Waals surface area contributed by atoms with Crippen molar-refractivity contribution in [1.82, 2.24) is 0 Å². The highest BCUT2D eigenvalue weighted by atomic mass is 31.2. The number of phosphoric acid groups is 1. The van der Waals surface area contributed by atoms with Crippen molar-refractivity contribution in [3.63, 3.8) is 0 Å². The summed E-state index contributed by atoms with van der Waals surface area (Å²) < 4.78 is 25.7. The Labute approximate surface area is 73.1 Å². The van der Waals surface area contributed by atoms with Gasteiger partial charge in [-0.25, -0.2) is 4.57 Å². The Bertz CT molecular complexity index is 190. The van der Waals surface area contributed by atoms with Crippen LogP contribution in [-0.4, -0.2) is 20.3 Å². The van der Waals surface area contributed by atoms with Gasteiger partial charge in [0.15, 0.2) is 0 Å². The number of rotatable bonds is 6. The predicted molar refractivity (Wildman–Crippen MR) is 47.0 cm³/mol. The van der Waals surface area contributed by atoms with Crippen LogP contribution >= 0.6 is 7.82 Å². The fraction of sp³-hybridized carbons (Fsp3) is 0.714. The summed E-state index contributed by atoms with van der Waals surface area (Å²) in [6, 6.07) is 0. The molecule has 4 nitrogen and oxygen atoms in total. The third-order valence-corrected chi connectivity index (χ3v) is 2.45. The highest BCUT2D eigenvalue weighted by Crippen LogP contribution is 2.48. The van der Waals surface area contributed by atoms with Gasteiger partial charge < -0.3 is 0 Å². The molecule has 0 N–H and O–H groups in total. The van der Waals surface area contributed by atoms with Crippen LogP contribution in [0.2, 0.25) is 0 Å². The molecule has 0 aliphatic rings. The first-order valence-corrected chi connectivity index (χ1v) is 5.09. The molecule has 0 aromatic rings. The molecule has 0 aromatic carbocycles. The van der Waals surface area contributed by atoms with Crippen molar-refractivity contribution in [2.45, 2.75) is 13.8 Å². The lowest BCUT2D eigenvalue weighted by atomic mass is 10.4. The van der Waals surface area contributed by atoms with Crippen LogP contribution in [0.5, 0.6) is 0 Å². The molecule has 1 unspecified atom stereocenters. The maximum absolute atomic E-state index is 11.4. The summed E-state index contributed by atoms with van der Waals surface area (Å²) in [4.78, 5) is 0. The van der Waals surface area contributed by atoms with Crippen LogP contribution < -0.4 is 0 Å². The quantitative estimate of drug-likeness (QED) is 0.481. The molecule has 5 heteroatoms. The van der Waals surface area contributed by atoms with E-state index in [-0.39, 0.29) is 6.61 Å². The predicted octanol–water partition coefficient (Wildman–Crippen LogP) is 2.37. The molecule has 72 valence electrons. The number of hydrogen-bond acceptors (Lipinski definition) is 4. The van der Waals surface area contributed by atoms with Crippen LogP contribution in [0.25, 0.3) is 0 Å². The monoisotopic (exact) mass is 194 g/mol. The van der Waals surface area contributed by atoms with Crippen LogP contribution in [0.1, 0.15) is 13.8 Å². The van der Waals surface area contributed by atoms with Crippen LogP contribution in [0.4, 0.5) is 0 Å². The molecule has 0 aliphatic heterocycles. The Morgan fingerprint density at radius 2 is 2.08 bits per heavy atom. The lowest BCUT2D eigenvalue weighted by Crippen LogP contribution is -1.99. The zero-order chi connectivity index (χ0) is 9.61. The van der Waals surface area contributed by atoms with Crippen molar-refractivity contribution < 1.29 is 18.1 Å². The second kappa shape index (κ2) is 5.49. The molecular weight excluding hydrogens is 179 g/mol. The van der Waals surface area contributed by atoms with Gasteiger partial charge in [-0.2, -0.15) is 0 Å². The van der Waals surface area contributed by atoms with Crippen LogP contribution in [0, 0.1) is 0 Å². The van der Waals surface area contributed by atoms with Gasteiger partial charge in [0.2, 0.25) is 0 Å². The van der Waals surface area contributed by atoms with E-state index in [2.05, 4.69) is 11.1 Å². The van der Waals surface area contributed by atoms with E-state index < -0.39 is 7.82 Å². The third-order valence-electron chi connectivity index (χ3n) is 0.980. The van der Waals surface area contributed by atoms with E-state index in [0.717, 1.165) is 5.57 Å². The molecule has 0 fully saturated rings. The van der Waals surface area contributed by atoms with Gasteiger partial charge in [-0.3, -0.25) is 13.6 Å². The number of phosphoric ester groups is 1. The van der Waals surface area contributed by atoms with Crippen LogP contribution in [-0.2, 0) is 18.1 Å². The topological polar surface area (TPSA) is 44.8 Å². The SMILES string of the molecule is C=C(C)COP(=O)(OC)OCC. The first-order valence-electron chi connectivity index (χ1n) is 3.63. The molecule has 1 atom stereocenters. The molecular formula is C7H15O4P. The summed E-state index contributed by atoms with van der Waals surface area (Å²) in [6.45, 7) is 7.56. The van der Waals surface area contributed by atoms with Crippen molar-refractivity contribution in [1.29, 1.82) is 0 Å². The molecule has 0 saturated carbocycles. The first-order chi connectivity index (χ1) is 5.54. The molecule has 0 rings (SSSR count). The van der Waals surface area contributed by atoms with E-state index in [1.807, 2.05) is 0 Å². The summed E-state index contributed by atoms with van der Waals surface area (Å²) in [5.41, 5.74) is 0.770. The van der Waals surface area contributed by atoms with Gasteiger partial charge in [0, 0.05) is 7.11 Å². The Morgan fingerprint density at radius 3 is 2.42 bits per heavy atom. The van der Waals surface area contributed by atoms with Gasteiger partial charge in [0.1, 0.15) is 0 Å². The van der Waals surface area contributed by atoms with Crippen molar-refractivity contribution in [3.05, 3.63) is 12.2 Å². The standard InChI is InChI=1S/C7H15O4P/c1-5-10-12(8,9-4)11-6-7(2)3/h2,5-6H2,1,3-4H3. The van der Waals surface area contributed by atoms with Gasteiger partial charge in [0.05, 0.1) is 13.2 Å². The molecule has 0 heterocycles. The van der Waals surface area contributed by atoms with E-state index in [0.29, 0.717) is 6.61 Å². The van der Waals surface area contributed by atoms with Crippen molar-refractivity contribution in [2.75, 3.05) is 20.3 Å². The van der Waals surface area contributed by atoms with Crippen molar-refractivity contribution >= 4 is 7.82 Å². The largest absolute Gasteiger partial charge is 0.474 e. The lowest BCUT2D eigenvalue weighted by Gasteiger charge is -2.14. The summed E-state index contributed by atoms with van der Waals surface area (Å²) in [7, 11) is -2.03. The van der Waals surface area contributed by atoms with E-state index in [1.165, 1.54) is 7.11 Å². The summed E-state index contributed by atoms with van der Waals surface area (Å²) in [5, 5.41) is 0. The van der Waals surface area contributed by atoms with E-state index >= 15 is 0 Å². The smallest absolute Gasteiger partial charge is 0.290 e. The average molecular weight is 194 g/mol. The third kappa shape index (κ3) is 4.67. The fourth-order valence-electron chi connectivity index (χ4n) is 0.490. The van der Waals surface area contributed by atoms with Crippen molar-refractivity contribution in [3.8, 4) is 0 Å². The average Bonchev–Trinajstić information content (AvgIpc) is 2.02. The molecule has 12 heavy (non-hydrogen) atoms. The highest BCUT2D eigenvalue weighted by molar-refractivity contribution is 7.48. The zero-order valence-corrected chi connectivity index (χ0v) is 8.60. The second-order valence-corrected chi connectivity index (χ2v) is 4.05. The van der Waals surface area contributed by atoms with E-state index in [9.17, 15) is 4.57 Å². The lowest BCUT2D eigenvalue weighted by molar-refractivity contribution is 0.144. The molecule has 0 aromatic heterocycles. The fourth-order valence-corrected chi connectivity index (χ4v) is 1.47. The zero-order valence-electron chi connectivity index (χ0n) is 7.70. The summed E-state index contributed by atoms with van der Waals surface area (Å²) >= 11 is 0. The Morgan fingerprint density at radius 1 is 1.50 bits per heavy atom. The number of hydrogen-bond donors (Lipinski definition) is 0. The van der Waals surface area contributed by atoms with E-state index in [1.54, 1.807) is 13.8 Å². The molecule has 0 radical (unpaired) electrons. The van der Waals surface area contributed by atoms with Crippen LogP contribution in [0.3, 0.4) is 0 Å². The molecule has 0 aliphatic carbocycles.